The summed E-state index contributed by atoms with van der Waals surface area (Å²) in [6, 6.07) is 10.4. The molecule has 0 aromatic heterocycles. The van der Waals surface area contributed by atoms with Gasteiger partial charge in [-0.05, 0) is 22.5 Å². The molecule has 0 amide bonds. The van der Waals surface area contributed by atoms with Crippen LogP contribution in [0.3, 0.4) is 0 Å². The molecule has 0 spiro atoms. The van der Waals surface area contributed by atoms with Crippen LogP contribution in [0.15, 0.2) is 36.9 Å². The van der Waals surface area contributed by atoms with Gasteiger partial charge in [0.05, 0.1) is 0 Å². The summed E-state index contributed by atoms with van der Waals surface area (Å²) < 4.78 is 0. The summed E-state index contributed by atoms with van der Waals surface area (Å²) in [5.74, 6) is 0.681. The van der Waals surface area contributed by atoms with Crippen LogP contribution in [0, 0.1) is 11.3 Å². The minimum atomic E-state index is 0.330. The Morgan fingerprint density at radius 3 is 2.35 bits per heavy atom. The monoisotopic (exact) mass is 231 g/mol. The molecule has 0 atom stereocenters. The van der Waals surface area contributed by atoms with Gasteiger partial charge in [0.1, 0.15) is 0 Å². The van der Waals surface area contributed by atoms with Crippen LogP contribution in [0.4, 0.5) is 0 Å². The molecular weight excluding hydrogens is 206 g/mol. The fraction of sp³-hybridized carbons (Fsp3) is 0.500. The first kappa shape index (κ1) is 14.0. The molecule has 0 bridgehead atoms. The van der Waals surface area contributed by atoms with Crippen molar-refractivity contribution in [1.82, 2.24) is 5.32 Å². The van der Waals surface area contributed by atoms with E-state index in [-0.39, 0.29) is 0 Å². The van der Waals surface area contributed by atoms with Crippen LogP contribution >= 0.6 is 0 Å². The summed E-state index contributed by atoms with van der Waals surface area (Å²) in [6.45, 7) is 15.2. The maximum Gasteiger partial charge on any atom is 0.0205 e. The van der Waals surface area contributed by atoms with E-state index >= 15 is 0 Å². The van der Waals surface area contributed by atoms with E-state index < -0.39 is 0 Å². The summed E-state index contributed by atoms with van der Waals surface area (Å²) in [5.41, 5.74) is 2.71. The molecule has 1 nitrogen and oxygen atoms in total. The Morgan fingerprint density at radius 2 is 1.82 bits per heavy atom. The smallest absolute Gasteiger partial charge is 0.0205 e. The fourth-order valence-electron chi connectivity index (χ4n) is 1.52. The molecule has 0 heterocycles. The van der Waals surface area contributed by atoms with Crippen molar-refractivity contribution in [2.45, 2.75) is 27.7 Å². The summed E-state index contributed by atoms with van der Waals surface area (Å²) in [5, 5.41) is 3.51. The predicted octanol–water partition coefficient (Wildman–Crippen LogP) is 3.97. The van der Waals surface area contributed by atoms with E-state index in [9.17, 15) is 0 Å². The summed E-state index contributed by atoms with van der Waals surface area (Å²) in [6.07, 6.45) is 0. The van der Waals surface area contributed by atoms with Gasteiger partial charge in [-0.25, -0.2) is 0 Å². The number of hydrogen-bond donors (Lipinski definition) is 1. The average Bonchev–Trinajstić information content (AvgIpc) is 2.29. The van der Waals surface area contributed by atoms with Crippen LogP contribution in [0.25, 0.3) is 5.57 Å². The van der Waals surface area contributed by atoms with Crippen LogP contribution in [-0.4, -0.2) is 13.1 Å². The van der Waals surface area contributed by atoms with Crippen LogP contribution in [-0.2, 0) is 0 Å². The zero-order chi connectivity index (χ0) is 12.9. The van der Waals surface area contributed by atoms with Gasteiger partial charge in [-0.15, -0.1) is 0 Å². The highest BCUT2D eigenvalue weighted by Crippen LogP contribution is 2.24. The lowest BCUT2D eigenvalue weighted by Gasteiger charge is -2.29. The van der Waals surface area contributed by atoms with E-state index in [2.05, 4.69) is 63.9 Å². The van der Waals surface area contributed by atoms with Gasteiger partial charge in [-0.3, -0.25) is 0 Å². The number of rotatable bonds is 6. The molecule has 1 N–H and O–H groups in total. The third-order valence-corrected chi connectivity index (χ3v) is 3.66. The molecule has 0 aliphatic rings. The Balaban J connectivity index is 2.40. The minimum Gasteiger partial charge on any atom is -0.312 e. The van der Waals surface area contributed by atoms with Crippen molar-refractivity contribution in [2.75, 3.05) is 13.1 Å². The van der Waals surface area contributed by atoms with Gasteiger partial charge in [-0.1, -0.05) is 64.6 Å². The van der Waals surface area contributed by atoms with Crippen molar-refractivity contribution in [3.8, 4) is 0 Å². The minimum absolute atomic E-state index is 0.330. The zero-order valence-corrected chi connectivity index (χ0v) is 11.6. The number of hydrogen-bond acceptors (Lipinski definition) is 1. The molecule has 0 aliphatic heterocycles. The highest BCUT2D eigenvalue weighted by molar-refractivity contribution is 5.64. The van der Waals surface area contributed by atoms with E-state index in [0.717, 1.165) is 18.7 Å². The number of benzene rings is 1. The molecule has 0 saturated heterocycles. The van der Waals surface area contributed by atoms with Crippen molar-refractivity contribution < 1.29 is 0 Å². The quantitative estimate of drug-likeness (QED) is 0.781. The largest absolute Gasteiger partial charge is 0.312 e. The maximum absolute atomic E-state index is 4.13. The lowest BCUT2D eigenvalue weighted by Crippen LogP contribution is -2.34. The van der Waals surface area contributed by atoms with E-state index in [0.29, 0.717) is 11.3 Å². The Hall–Kier alpha value is -1.08. The fourth-order valence-corrected chi connectivity index (χ4v) is 1.52. The topological polar surface area (TPSA) is 12.0 Å². The van der Waals surface area contributed by atoms with Crippen LogP contribution in [0.5, 0.6) is 0 Å². The first-order chi connectivity index (χ1) is 7.93. The normalized spacial score (nSPS) is 11.8. The first-order valence-electron chi connectivity index (χ1n) is 6.37. The Kier molecular flexibility index (Phi) is 4.95. The highest BCUT2D eigenvalue weighted by atomic mass is 14.9. The second-order valence-corrected chi connectivity index (χ2v) is 5.72. The van der Waals surface area contributed by atoms with Gasteiger partial charge in [0, 0.05) is 13.1 Å². The molecule has 94 valence electrons. The SMILES string of the molecule is C=C(CNCC(C)(C)C(C)C)c1ccccc1. The lowest BCUT2D eigenvalue weighted by atomic mass is 9.81. The molecule has 1 rings (SSSR count). The molecule has 1 aromatic rings. The number of nitrogens with one attached hydrogen (secondary N) is 1. The first-order valence-corrected chi connectivity index (χ1v) is 6.37. The van der Waals surface area contributed by atoms with Crippen molar-refractivity contribution in [3.05, 3.63) is 42.5 Å². The third kappa shape index (κ3) is 4.35. The molecule has 0 unspecified atom stereocenters. The zero-order valence-electron chi connectivity index (χ0n) is 11.6. The average molecular weight is 231 g/mol. The van der Waals surface area contributed by atoms with Gasteiger partial charge in [0.25, 0.3) is 0 Å². The summed E-state index contributed by atoms with van der Waals surface area (Å²) in [4.78, 5) is 0. The van der Waals surface area contributed by atoms with Gasteiger partial charge < -0.3 is 5.32 Å². The standard InChI is InChI=1S/C16H25N/c1-13(2)16(4,5)12-17-11-14(3)15-9-7-6-8-10-15/h6-10,13,17H,3,11-12H2,1-2,4-5H3. The molecule has 0 radical (unpaired) electrons. The van der Waals surface area contributed by atoms with Crippen LogP contribution in [0.2, 0.25) is 0 Å². The van der Waals surface area contributed by atoms with Gasteiger partial charge in [0.15, 0.2) is 0 Å². The maximum atomic E-state index is 4.13. The summed E-state index contributed by atoms with van der Waals surface area (Å²) >= 11 is 0. The van der Waals surface area contributed by atoms with E-state index in [1.165, 1.54) is 5.56 Å². The van der Waals surface area contributed by atoms with Crippen LogP contribution < -0.4 is 5.32 Å². The highest BCUT2D eigenvalue weighted by Gasteiger charge is 2.21. The molecule has 17 heavy (non-hydrogen) atoms. The van der Waals surface area contributed by atoms with E-state index in [1.54, 1.807) is 0 Å². The molecule has 1 heteroatoms. The van der Waals surface area contributed by atoms with E-state index in [1.807, 2.05) is 6.07 Å². The van der Waals surface area contributed by atoms with Crippen molar-refractivity contribution in [3.63, 3.8) is 0 Å². The van der Waals surface area contributed by atoms with Crippen LogP contribution in [0.1, 0.15) is 33.3 Å². The molecule has 0 aliphatic carbocycles. The third-order valence-electron chi connectivity index (χ3n) is 3.66. The molecule has 0 saturated carbocycles. The van der Waals surface area contributed by atoms with Gasteiger partial charge in [-0.2, -0.15) is 0 Å². The summed E-state index contributed by atoms with van der Waals surface area (Å²) in [7, 11) is 0. The Morgan fingerprint density at radius 1 is 1.24 bits per heavy atom. The van der Waals surface area contributed by atoms with Crippen molar-refractivity contribution >= 4 is 5.57 Å². The van der Waals surface area contributed by atoms with Gasteiger partial charge >= 0.3 is 0 Å². The molecular formula is C16H25N. The Labute approximate surface area is 106 Å². The van der Waals surface area contributed by atoms with Crippen molar-refractivity contribution in [2.24, 2.45) is 11.3 Å². The van der Waals surface area contributed by atoms with Crippen molar-refractivity contribution in [1.29, 1.82) is 0 Å². The van der Waals surface area contributed by atoms with Gasteiger partial charge in [0.2, 0.25) is 0 Å². The second-order valence-electron chi connectivity index (χ2n) is 5.72. The Bertz CT molecular complexity index is 349. The molecule has 1 aromatic carbocycles. The predicted molar refractivity (Wildman–Crippen MR) is 77.0 cm³/mol. The second kappa shape index (κ2) is 6.02. The molecule has 0 fully saturated rings. The lowest BCUT2D eigenvalue weighted by molar-refractivity contribution is 0.242. The van der Waals surface area contributed by atoms with E-state index in [4.69, 9.17) is 0 Å².